The Bertz CT molecular complexity index is 508. The van der Waals surface area contributed by atoms with Crippen LogP contribution < -0.4 is 5.32 Å². The van der Waals surface area contributed by atoms with Crippen LogP contribution in [0.15, 0.2) is 0 Å². The Kier molecular flexibility index (Phi) is 20.7. The summed E-state index contributed by atoms with van der Waals surface area (Å²) >= 11 is 0. The molecule has 186 valence electrons. The van der Waals surface area contributed by atoms with Crippen molar-refractivity contribution in [3.63, 3.8) is 0 Å². The molecule has 0 atom stereocenters. The molecule has 0 aliphatic heterocycles. The van der Waals surface area contributed by atoms with Crippen LogP contribution in [0.5, 0.6) is 0 Å². The number of nitrogens with one attached hydrogen (secondary N) is 1. The van der Waals surface area contributed by atoms with Crippen molar-refractivity contribution in [2.45, 2.75) is 136 Å². The Morgan fingerprint density at radius 2 is 1.19 bits per heavy atom. The van der Waals surface area contributed by atoms with Gasteiger partial charge in [0.05, 0.1) is 12.7 Å². The van der Waals surface area contributed by atoms with E-state index in [1.165, 1.54) is 83.5 Å². The number of rotatable bonds is 23. The standard InChI is InChI=1S/C24H49NO5S/c1-4-5-6-7-8-9-10-11-12-13-14-15-16-17-18-20-24(26)25-21-19-22-29-31(27,28)30-23(2)3/h23H,4-22H2,1-3H3,(H,25,26). The van der Waals surface area contributed by atoms with Crippen LogP contribution in [-0.2, 0) is 23.6 Å². The highest BCUT2D eigenvalue weighted by Gasteiger charge is 2.13. The zero-order chi connectivity index (χ0) is 23.2. The average Bonchev–Trinajstić information content (AvgIpc) is 2.69. The van der Waals surface area contributed by atoms with E-state index in [1.54, 1.807) is 13.8 Å². The molecule has 0 aliphatic carbocycles. The molecule has 0 rings (SSSR count). The van der Waals surface area contributed by atoms with E-state index in [4.69, 9.17) is 4.18 Å². The molecule has 0 aliphatic rings. The Morgan fingerprint density at radius 1 is 0.742 bits per heavy atom. The summed E-state index contributed by atoms with van der Waals surface area (Å²) in [5.41, 5.74) is 0. The van der Waals surface area contributed by atoms with Crippen LogP contribution >= 0.6 is 0 Å². The third-order valence-electron chi connectivity index (χ3n) is 5.19. The molecule has 0 heterocycles. The fraction of sp³-hybridized carbons (Fsp3) is 0.958. The van der Waals surface area contributed by atoms with Crippen LogP contribution in [0, 0.1) is 0 Å². The maximum atomic E-state index is 11.8. The molecule has 0 spiro atoms. The molecular weight excluding hydrogens is 414 g/mol. The highest BCUT2D eigenvalue weighted by molar-refractivity contribution is 7.81. The van der Waals surface area contributed by atoms with Crippen LogP contribution in [0.25, 0.3) is 0 Å². The molecule has 0 radical (unpaired) electrons. The lowest BCUT2D eigenvalue weighted by Crippen LogP contribution is -2.25. The summed E-state index contributed by atoms with van der Waals surface area (Å²) in [6.07, 6.45) is 20.2. The summed E-state index contributed by atoms with van der Waals surface area (Å²) in [6, 6.07) is 0. The number of hydrogen-bond donors (Lipinski definition) is 1. The first-order chi connectivity index (χ1) is 14.9. The largest absolute Gasteiger partial charge is 0.400 e. The summed E-state index contributed by atoms with van der Waals surface area (Å²) in [7, 11) is -3.93. The first-order valence-corrected chi connectivity index (χ1v) is 14.0. The predicted octanol–water partition coefficient (Wildman–Crippen LogP) is 6.44. The van der Waals surface area contributed by atoms with Gasteiger partial charge in [-0.05, 0) is 26.7 Å². The normalized spacial score (nSPS) is 11.9. The van der Waals surface area contributed by atoms with E-state index in [-0.39, 0.29) is 12.5 Å². The third-order valence-corrected chi connectivity index (χ3v) is 6.26. The van der Waals surface area contributed by atoms with Crippen LogP contribution in [0.4, 0.5) is 0 Å². The number of amides is 1. The average molecular weight is 464 g/mol. The van der Waals surface area contributed by atoms with Gasteiger partial charge in [-0.1, -0.05) is 96.8 Å². The van der Waals surface area contributed by atoms with Crippen LogP contribution in [0.3, 0.4) is 0 Å². The second-order valence-electron chi connectivity index (χ2n) is 8.78. The van der Waals surface area contributed by atoms with Gasteiger partial charge >= 0.3 is 10.4 Å². The molecule has 0 bridgehead atoms. The number of carbonyl (C=O) groups excluding carboxylic acids is 1. The Balaban J connectivity index is 3.31. The quantitative estimate of drug-likeness (QED) is 0.176. The number of unbranched alkanes of at least 4 members (excludes halogenated alkanes) is 14. The van der Waals surface area contributed by atoms with E-state index >= 15 is 0 Å². The Morgan fingerprint density at radius 3 is 1.65 bits per heavy atom. The summed E-state index contributed by atoms with van der Waals surface area (Å²) in [5.74, 6) is 0.0241. The van der Waals surface area contributed by atoms with Crippen molar-refractivity contribution in [1.82, 2.24) is 5.32 Å². The third kappa shape index (κ3) is 23.8. The second kappa shape index (κ2) is 21.2. The molecule has 31 heavy (non-hydrogen) atoms. The lowest BCUT2D eigenvalue weighted by molar-refractivity contribution is -0.121. The summed E-state index contributed by atoms with van der Waals surface area (Å²) in [4.78, 5) is 11.8. The summed E-state index contributed by atoms with van der Waals surface area (Å²) in [5, 5.41) is 2.80. The fourth-order valence-electron chi connectivity index (χ4n) is 3.47. The van der Waals surface area contributed by atoms with Crippen molar-refractivity contribution in [2.75, 3.05) is 13.2 Å². The van der Waals surface area contributed by atoms with Crippen LogP contribution in [-0.4, -0.2) is 33.6 Å². The molecule has 1 amide bonds. The molecule has 6 nitrogen and oxygen atoms in total. The minimum Gasteiger partial charge on any atom is -0.356 e. The van der Waals surface area contributed by atoms with E-state index in [0.717, 1.165) is 12.8 Å². The van der Waals surface area contributed by atoms with Crippen molar-refractivity contribution < 1.29 is 21.6 Å². The minimum absolute atomic E-state index is 0.00823. The highest BCUT2D eigenvalue weighted by Crippen LogP contribution is 2.13. The monoisotopic (exact) mass is 463 g/mol. The minimum atomic E-state index is -3.93. The van der Waals surface area contributed by atoms with Crippen molar-refractivity contribution in [3.8, 4) is 0 Å². The van der Waals surface area contributed by atoms with Gasteiger partial charge in [-0.2, -0.15) is 8.42 Å². The van der Waals surface area contributed by atoms with Gasteiger partial charge in [0.15, 0.2) is 0 Å². The Labute approximate surface area is 192 Å². The first kappa shape index (κ1) is 30.3. The molecule has 0 aromatic rings. The molecule has 1 N–H and O–H groups in total. The van der Waals surface area contributed by atoms with Crippen LogP contribution in [0.2, 0.25) is 0 Å². The molecular formula is C24H49NO5S. The van der Waals surface area contributed by atoms with E-state index in [0.29, 0.717) is 19.4 Å². The zero-order valence-electron chi connectivity index (χ0n) is 20.5. The maximum Gasteiger partial charge on any atom is 0.400 e. The molecule has 0 aromatic heterocycles. The lowest BCUT2D eigenvalue weighted by atomic mass is 10.0. The molecule has 0 saturated heterocycles. The van der Waals surface area contributed by atoms with Gasteiger partial charge in [0, 0.05) is 13.0 Å². The van der Waals surface area contributed by atoms with Gasteiger partial charge in [0.25, 0.3) is 0 Å². The number of hydrogen-bond acceptors (Lipinski definition) is 5. The first-order valence-electron chi connectivity index (χ1n) is 12.7. The number of carbonyl (C=O) groups is 1. The van der Waals surface area contributed by atoms with E-state index in [9.17, 15) is 13.2 Å². The lowest BCUT2D eigenvalue weighted by Gasteiger charge is -2.08. The van der Waals surface area contributed by atoms with Gasteiger partial charge in [-0.3, -0.25) is 4.79 Å². The fourth-order valence-corrected chi connectivity index (χ4v) is 4.32. The van der Waals surface area contributed by atoms with Gasteiger partial charge in [0.1, 0.15) is 0 Å². The topological polar surface area (TPSA) is 81.7 Å². The van der Waals surface area contributed by atoms with Gasteiger partial charge in [-0.25, -0.2) is 8.37 Å². The maximum absolute atomic E-state index is 11.8. The van der Waals surface area contributed by atoms with Crippen molar-refractivity contribution in [2.24, 2.45) is 0 Å². The molecule has 0 unspecified atom stereocenters. The van der Waals surface area contributed by atoms with Crippen molar-refractivity contribution in [3.05, 3.63) is 0 Å². The summed E-state index contributed by atoms with van der Waals surface area (Å²) < 4.78 is 32.1. The molecule has 0 fully saturated rings. The van der Waals surface area contributed by atoms with Crippen LogP contribution in [0.1, 0.15) is 130 Å². The highest BCUT2D eigenvalue weighted by atomic mass is 32.3. The van der Waals surface area contributed by atoms with E-state index in [1.807, 2.05) is 0 Å². The van der Waals surface area contributed by atoms with Gasteiger partial charge in [0.2, 0.25) is 5.91 Å². The summed E-state index contributed by atoms with van der Waals surface area (Å²) in [6.45, 7) is 5.93. The van der Waals surface area contributed by atoms with Crippen molar-refractivity contribution >= 4 is 16.3 Å². The smallest absolute Gasteiger partial charge is 0.356 e. The molecule has 0 aromatic carbocycles. The second-order valence-corrected chi connectivity index (χ2v) is 10.0. The molecule has 7 heteroatoms. The van der Waals surface area contributed by atoms with Crippen molar-refractivity contribution in [1.29, 1.82) is 0 Å². The Hall–Kier alpha value is -0.660. The van der Waals surface area contributed by atoms with Gasteiger partial charge in [-0.15, -0.1) is 0 Å². The van der Waals surface area contributed by atoms with E-state index < -0.39 is 16.5 Å². The van der Waals surface area contributed by atoms with E-state index in [2.05, 4.69) is 16.4 Å². The SMILES string of the molecule is CCCCCCCCCCCCCCCCCC(=O)NCCCOS(=O)(=O)OC(C)C. The molecule has 0 saturated carbocycles. The zero-order valence-corrected chi connectivity index (χ0v) is 21.3. The predicted molar refractivity (Wildman–Crippen MR) is 128 cm³/mol. The van der Waals surface area contributed by atoms with Gasteiger partial charge < -0.3 is 5.32 Å².